The molecule has 3 aromatic carbocycles. The minimum absolute atomic E-state index is 0.00364. The molecule has 186 valence electrons. The van der Waals surface area contributed by atoms with Gasteiger partial charge in [0, 0.05) is 17.0 Å². The van der Waals surface area contributed by atoms with Crippen molar-refractivity contribution in [3.05, 3.63) is 87.9 Å². The van der Waals surface area contributed by atoms with E-state index in [0.717, 1.165) is 16.0 Å². The Morgan fingerprint density at radius 3 is 2.68 bits per heavy atom. The number of aliphatic hydroxyl groups excluding tert-OH is 1. The Hall–Kier alpha value is -3.88. The average molecular weight is 533 g/mol. The summed E-state index contributed by atoms with van der Waals surface area (Å²) in [6, 6.07) is 16.7. The van der Waals surface area contributed by atoms with Crippen LogP contribution in [0.4, 0.5) is 5.13 Å². The molecule has 2 aliphatic heterocycles. The molecular weight excluding hydrogens is 512 g/mol. The van der Waals surface area contributed by atoms with Crippen molar-refractivity contribution in [3.63, 3.8) is 0 Å². The topological polar surface area (TPSA) is 89.0 Å². The molecule has 1 amide bonds. The molecule has 2 aliphatic rings. The third-order valence-corrected chi connectivity index (χ3v) is 7.86. The summed E-state index contributed by atoms with van der Waals surface area (Å²) in [5.74, 6) is -0.367. The molecule has 6 rings (SSSR count). The summed E-state index contributed by atoms with van der Waals surface area (Å²) in [7, 11) is 1.58. The number of fused-ring (bicyclic) bond motifs is 2. The van der Waals surface area contributed by atoms with Crippen LogP contribution in [-0.2, 0) is 16.0 Å². The van der Waals surface area contributed by atoms with Gasteiger partial charge >= 0.3 is 5.91 Å². The number of benzene rings is 3. The number of anilines is 1. The summed E-state index contributed by atoms with van der Waals surface area (Å²) in [5.41, 5.74) is 2.68. The zero-order chi connectivity index (χ0) is 25.8. The third kappa shape index (κ3) is 3.93. The number of nitrogens with zero attached hydrogens (tertiary/aromatic N) is 2. The maximum absolute atomic E-state index is 13.5. The van der Waals surface area contributed by atoms with Gasteiger partial charge in [-0.15, -0.1) is 0 Å². The quantitative estimate of drug-likeness (QED) is 0.200. The van der Waals surface area contributed by atoms with Crippen LogP contribution >= 0.6 is 22.9 Å². The SMILES string of the molecule is COc1ccc2nc(N3C(=O)C(=O)C(=C(O)c4ccc5c(c4)C[C@@H](C)O5)[C@@H]3c3ccc(Cl)cc3)sc2c1. The van der Waals surface area contributed by atoms with Crippen LogP contribution in [0.2, 0.25) is 5.02 Å². The van der Waals surface area contributed by atoms with Gasteiger partial charge in [-0.2, -0.15) is 0 Å². The molecule has 0 radical (unpaired) electrons. The highest BCUT2D eigenvalue weighted by atomic mass is 35.5. The predicted octanol–water partition coefficient (Wildman–Crippen LogP) is 5.91. The molecule has 4 aromatic rings. The summed E-state index contributed by atoms with van der Waals surface area (Å²) in [6.45, 7) is 1.97. The van der Waals surface area contributed by atoms with Gasteiger partial charge in [0.05, 0.1) is 28.9 Å². The number of rotatable bonds is 4. The second-order valence-corrected chi connectivity index (χ2v) is 10.5. The number of thiazole rings is 1. The fourth-order valence-electron chi connectivity index (χ4n) is 4.84. The van der Waals surface area contributed by atoms with E-state index in [0.29, 0.717) is 39.0 Å². The molecule has 7 nitrogen and oxygen atoms in total. The van der Waals surface area contributed by atoms with E-state index in [4.69, 9.17) is 21.1 Å². The summed E-state index contributed by atoms with van der Waals surface area (Å²) >= 11 is 7.40. The summed E-state index contributed by atoms with van der Waals surface area (Å²) in [5, 5.41) is 12.3. The minimum atomic E-state index is -0.886. The molecule has 0 spiro atoms. The Kier molecular flexibility index (Phi) is 5.66. The van der Waals surface area contributed by atoms with Crippen molar-refractivity contribution in [3.8, 4) is 11.5 Å². The highest BCUT2D eigenvalue weighted by Crippen LogP contribution is 2.45. The van der Waals surface area contributed by atoms with Gasteiger partial charge in [-0.05, 0) is 66.6 Å². The first-order valence-corrected chi connectivity index (χ1v) is 12.8. The molecule has 0 aliphatic carbocycles. The van der Waals surface area contributed by atoms with E-state index in [9.17, 15) is 14.7 Å². The molecule has 0 unspecified atom stereocenters. The molecule has 0 bridgehead atoms. The molecular formula is C28H21ClN2O5S. The zero-order valence-electron chi connectivity index (χ0n) is 19.9. The Labute approximate surface area is 221 Å². The van der Waals surface area contributed by atoms with Crippen molar-refractivity contribution < 1.29 is 24.2 Å². The maximum atomic E-state index is 13.5. The molecule has 1 fully saturated rings. The number of amides is 1. The van der Waals surface area contributed by atoms with Gasteiger partial charge in [-0.3, -0.25) is 14.5 Å². The number of ketones is 1. The second-order valence-electron chi connectivity index (χ2n) is 9.01. The number of hydrogen-bond acceptors (Lipinski definition) is 7. The lowest BCUT2D eigenvalue weighted by molar-refractivity contribution is -0.132. The minimum Gasteiger partial charge on any atom is -0.507 e. The first-order chi connectivity index (χ1) is 17.8. The number of halogens is 1. The fraction of sp³-hybridized carbons (Fsp3) is 0.179. The van der Waals surface area contributed by atoms with Crippen molar-refractivity contribution in [2.45, 2.75) is 25.5 Å². The molecule has 2 atom stereocenters. The number of aliphatic hydroxyl groups is 1. The first kappa shape index (κ1) is 23.5. The molecule has 1 aromatic heterocycles. The Bertz CT molecular complexity index is 1610. The Balaban J connectivity index is 1.52. The Morgan fingerprint density at radius 1 is 1.14 bits per heavy atom. The zero-order valence-corrected chi connectivity index (χ0v) is 21.5. The Morgan fingerprint density at radius 2 is 1.92 bits per heavy atom. The largest absolute Gasteiger partial charge is 0.507 e. The number of methoxy groups -OCH3 is 1. The normalized spacial score (nSPS) is 20.4. The number of carbonyl (C=O) groups is 2. The van der Waals surface area contributed by atoms with Gasteiger partial charge < -0.3 is 14.6 Å². The van der Waals surface area contributed by atoms with E-state index in [1.807, 2.05) is 19.1 Å². The maximum Gasteiger partial charge on any atom is 0.301 e. The highest BCUT2D eigenvalue weighted by Gasteiger charge is 2.48. The monoisotopic (exact) mass is 532 g/mol. The van der Waals surface area contributed by atoms with E-state index < -0.39 is 17.7 Å². The average Bonchev–Trinajstić information content (AvgIpc) is 3.55. The number of aromatic nitrogens is 1. The smallest absolute Gasteiger partial charge is 0.301 e. The van der Waals surface area contributed by atoms with Crippen LogP contribution < -0.4 is 14.4 Å². The molecule has 0 saturated carbocycles. The van der Waals surface area contributed by atoms with Crippen LogP contribution in [0.3, 0.4) is 0 Å². The lowest BCUT2D eigenvalue weighted by Crippen LogP contribution is -2.29. The van der Waals surface area contributed by atoms with E-state index in [-0.39, 0.29) is 17.4 Å². The van der Waals surface area contributed by atoms with Gasteiger partial charge in [-0.25, -0.2) is 4.98 Å². The van der Waals surface area contributed by atoms with E-state index in [1.165, 1.54) is 16.2 Å². The van der Waals surface area contributed by atoms with Crippen LogP contribution in [0.25, 0.3) is 16.0 Å². The van der Waals surface area contributed by atoms with Crippen molar-refractivity contribution >= 4 is 55.7 Å². The molecule has 3 heterocycles. The molecule has 37 heavy (non-hydrogen) atoms. The summed E-state index contributed by atoms with van der Waals surface area (Å²) in [6.07, 6.45) is 0.727. The third-order valence-electron chi connectivity index (χ3n) is 6.59. The molecule has 1 N–H and O–H groups in total. The highest BCUT2D eigenvalue weighted by molar-refractivity contribution is 7.22. The number of hydrogen-bond donors (Lipinski definition) is 1. The van der Waals surface area contributed by atoms with Crippen molar-refractivity contribution in [2.75, 3.05) is 12.0 Å². The van der Waals surface area contributed by atoms with Gasteiger partial charge in [0.2, 0.25) is 0 Å². The number of ether oxygens (including phenoxy) is 2. The molecule has 1 saturated heterocycles. The van der Waals surface area contributed by atoms with Gasteiger partial charge in [0.1, 0.15) is 23.4 Å². The standard InChI is InChI=1S/C28H21ClN2O5S/c1-14-11-17-12-16(5-10-21(17)36-14)25(32)23-24(15-3-6-18(29)7-4-15)31(27(34)26(23)33)28-30-20-9-8-19(35-2)13-22(20)37-28/h3-10,12-14,24,32H,11H2,1-2H3/t14-,24+/m1/s1. The predicted molar refractivity (Wildman–Crippen MR) is 143 cm³/mol. The van der Waals surface area contributed by atoms with Gasteiger partial charge in [0.25, 0.3) is 5.78 Å². The van der Waals surface area contributed by atoms with E-state index >= 15 is 0 Å². The molecule has 9 heteroatoms. The first-order valence-electron chi connectivity index (χ1n) is 11.6. The van der Waals surface area contributed by atoms with E-state index in [2.05, 4.69) is 4.98 Å². The second kappa shape index (κ2) is 8.90. The van der Waals surface area contributed by atoms with Crippen molar-refractivity contribution in [2.24, 2.45) is 0 Å². The van der Waals surface area contributed by atoms with Crippen LogP contribution in [0.5, 0.6) is 11.5 Å². The summed E-state index contributed by atoms with van der Waals surface area (Å²) < 4.78 is 11.9. The van der Waals surface area contributed by atoms with Crippen LogP contribution in [0, 0.1) is 0 Å². The lowest BCUT2D eigenvalue weighted by Gasteiger charge is -2.23. The van der Waals surface area contributed by atoms with Crippen molar-refractivity contribution in [1.82, 2.24) is 4.98 Å². The summed E-state index contributed by atoms with van der Waals surface area (Å²) in [4.78, 5) is 32.9. The lowest BCUT2D eigenvalue weighted by atomic mass is 9.94. The van der Waals surface area contributed by atoms with Crippen LogP contribution in [0.15, 0.2) is 66.2 Å². The van der Waals surface area contributed by atoms with Gasteiger partial charge in [0.15, 0.2) is 5.13 Å². The fourth-order valence-corrected chi connectivity index (χ4v) is 5.98. The number of carbonyl (C=O) groups excluding carboxylic acids is 2. The number of Topliss-reactive ketones (excluding diaryl/α,β-unsaturated/α-hetero) is 1. The van der Waals surface area contributed by atoms with Gasteiger partial charge in [-0.1, -0.05) is 35.1 Å². The van der Waals surface area contributed by atoms with E-state index in [1.54, 1.807) is 55.6 Å². The van der Waals surface area contributed by atoms with Crippen molar-refractivity contribution in [1.29, 1.82) is 0 Å². The van der Waals surface area contributed by atoms with Crippen LogP contribution in [0.1, 0.15) is 29.7 Å². The van der Waals surface area contributed by atoms with Crippen LogP contribution in [-0.4, -0.2) is 35.0 Å².